The largest absolute Gasteiger partial charge is 0.481 e. The fourth-order valence-electron chi connectivity index (χ4n) is 3.95. The molecule has 0 spiro atoms. The van der Waals surface area contributed by atoms with E-state index in [0.717, 1.165) is 25.7 Å². The monoisotopic (exact) mass is 328 g/mol. The van der Waals surface area contributed by atoms with Crippen LogP contribution in [0.25, 0.3) is 0 Å². The van der Waals surface area contributed by atoms with Crippen LogP contribution in [0.15, 0.2) is 0 Å². The summed E-state index contributed by atoms with van der Waals surface area (Å²) in [6.45, 7) is 12.1. The molecule has 0 radical (unpaired) electrons. The Balaban J connectivity index is 5.40. The van der Waals surface area contributed by atoms with Crippen LogP contribution in [0.2, 0.25) is 0 Å². The van der Waals surface area contributed by atoms with E-state index in [1.54, 1.807) is 0 Å². The fourth-order valence-corrected chi connectivity index (χ4v) is 3.95. The zero-order chi connectivity index (χ0) is 18.2. The SMILES string of the molecule is CCCCC(CC)CC(C(=O)O)C(C(=O)O)C(C)(C)CC(C)C. The third-order valence-corrected chi connectivity index (χ3v) is 4.89. The van der Waals surface area contributed by atoms with E-state index in [0.29, 0.717) is 18.8 Å². The second-order valence-corrected chi connectivity index (χ2v) is 8.00. The summed E-state index contributed by atoms with van der Waals surface area (Å²) >= 11 is 0. The van der Waals surface area contributed by atoms with Crippen LogP contribution < -0.4 is 0 Å². The second-order valence-electron chi connectivity index (χ2n) is 8.00. The highest BCUT2D eigenvalue weighted by molar-refractivity contribution is 5.80. The van der Waals surface area contributed by atoms with Crippen molar-refractivity contribution >= 4 is 11.9 Å². The first-order valence-corrected chi connectivity index (χ1v) is 9.02. The number of hydrogen-bond acceptors (Lipinski definition) is 2. The molecule has 2 N–H and O–H groups in total. The average Bonchev–Trinajstić information content (AvgIpc) is 2.39. The lowest BCUT2D eigenvalue weighted by Crippen LogP contribution is -2.42. The first-order chi connectivity index (χ1) is 10.6. The number of carboxylic acid groups (broad SMARTS) is 2. The molecule has 0 fully saturated rings. The lowest BCUT2D eigenvalue weighted by atomic mass is 9.66. The maximum Gasteiger partial charge on any atom is 0.307 e. The van der Waals surface area contributed by atoms with Crippen LogP contribution in [-0.4, -0.2) is 22.2 Å². The molecule has 4 nitrogen and oxygen atoms in total. The lowest BCUT2D eigenvalue weighted by Gasteiger charge is -2.37. The summed E-state index contributed by atoms with van der Waals surface area (Å²) in [5, 5.41) is 19.4. The second kappa shape index (κ2) is 9.94. The Morgan fingerprint density at radius 2 is 1.61 bits per heavy atom. The first kappa shape index (κ1) is 21.9. The Kier molecular flexibility index (Phi) is 9.48. The van der Waals surface area contributed by atoms with Crippen molar-refractivity contribution in [3.8, 4) is 0 Å². The molecule has 0 rings (SSSR count). The summed E-state index contributed by atoms with van der Waals surface area (Å²) in [6.07, 6.45) is 5.20. The third-order valence-electron chi connectivity index (χ3n) is 4.89. The molecule has 0 aliphatic heterocycles. The van der Waals surface area contributed by atoms with Crippen molar-refractivity contribution in [1.29, 1.82) is 0 Å². The van der Waals surface area contributed by atoms with Crippen molar-refractivity contribution in [3.05, 3.63) is 0 Å². The number of carboxylic acids is 2. The van der Waals surface area contributed by atoms with Crippen LogP contribution in [0.3, 0.4) is 0 Å². The van der Waals surface area contributed by atoms with Gasteiger partial charge in [0.15, 0.2) is 0 Å². The van der Waals surface area contributed by atoms with E-state index in [1.165, 1.54) is 0 Å². The van der Waals surface area contributed by atoms with Gasteiger partial charge in [-0.2, -0.15) is 0 Å². The molecule has 0 saturated carbocycles. The van der Waals surface area contributed by atoms with Gasteiger partial charge in [0.05, 0.1) is 11.8 Å². The number of hydrogen-bond donors (Lipinski definition) is 2. The average molecular weight is 328 g/mol. The topological polar surface area (TPSA) is 74.6 Å². The zero-order valence-corrected chi connectivity index (χ0v) is 15.8. The van der Waals surface area contributed by atoms with Crippen LogP contribution in [0.1, 0.15) is 80.1 Å². The summed E-state index contributed by atoms with van der Waals surface area (Å²) in [6, 6.07) is 0. The molecule has 0 aliphatic carbocycles. The third kappa shape index (κ3) is 7.36. The summed E-state index contributed by atoms with van der Waals surface area (Å²) in [7, 11) is 0. The van der Waals surface area contributed by atoms with E-state index in [4.69, 9.17) is 0 Å². The van der Waals surface area contributed by atoms with Crippen LogP contribution in [0, 0.1) is 29.1 Å². The molecular weight excluding hydrogens is 292 g/mol. The number of unbranched alkanes of at least 4 members (excludes halogenated alkanes) is 1. The minimum Gasteiger partial charge on any atom is -0.481 e. The molecule has 136 valence electrons. The van der Waals surface area contributed by atoms with Crippen molar-refractivity contribution in [1.82, 2.24) is 0 Å². The molecule has 0 aliphatic rings. The zero-order valence-electron chi connectivity index (χ0n) is 15.8. The van der Waals surface area contributed by atoms with Gasteiger partial charge in [0.1, 0.15) is 0 Å². The first-order valence-electron chi connectivity index (χ1n) is 9.02. The van der Waals surface area contributed by atoms with Crippen LogP contribution >= 0.6 is 0 Å². The molecule has 0 bridgehead atoms. The Morgan fingerprint density at radius 3 is 1.96 bits per heavy atom. The Bertz CT molecular complexity index is 374. The summed E-state index contributed by atoms with van der Waals surface area (Å²) in [5.41, 5.74) is -0.536. The van der Waals surface area contributed by atoms with Gasteiger partial charge < -0.3 is 10.2 Å². The molecule has 0 aromatic carbocycles. The van der Waals surface area contributed by atoms with Gasteiger partial charge >= 0.3 is 11.9 Å². The van der Waals surface area contributed by atoms with Gasteiger partial charge in [-0.3, -0.25) is 9.59 Å². The maximum atomic E-state index is 11.9. The van der Waals surface area contributed by atoms with Crippen molar-refractivity contribution in [3.63, 3.8) is 0 Å². The molecule has 23 heavy (non-hydrogen) atoms. The fraction of sp³-hybridized carbons (Fsp3) is 0.895. The lowest BCUT2D eigenvalue weighted by molar-refractivity contribution is -0.160. The molecule has 0 amide bonds. The van der Waals surface area contributed by atoms with E-state index in [1.807, 2.05) is 27.7 Å². The van der Waals surface area contributed by atoms with Gasteiger partial charge in [-0.25, -0.2) is 0 Å². The molecule has 3 unspecified atom stereocenters. The number of rotatable bonds is 12. The Labute approximate surface area is 141 Å². The van der Waals surface area contributed by atoms with Crippen LogP contribution in [0.4, 0.5) is 0 Å². The van der Waals surface area contributed by atoms with Crippen LogP contribution in [0.5, 0.6) is 0 Å². The van der Waals surface area contributed by atoms with Gasteiger partial charge in [-0.05, 0) is 30.1 Å². The highest BCUT2D eigenvalue weighted by Gasteiger charge is 2.45. The van der Waals surface area contributed by atoms with E-state index < -0.39 is 29.2 Å². The predicted molar refractivity (Wildman–Crippen MR) is 93.4 cm³/mol. The van der Waals surface area contributed by atoms with Gasteiger partial charge in [0.25, 0.3) is 0 Å². The minimum atomic E-state index is -0.978. The minimum absolute atomic E-state index is 0.285. The highest BCUT2D eigenvalue weighted by Crippen LogP contribution is 2.41. The van der Waals surface area contributed by atoms with Crippen molar-refractivity contribution in [2.45, 2.75) is 80.1 Å². The number of carbonyl (C=O) groups is 2. The summed E-state index contributed by atoms with van der Waals surface area (Å²) in [5.74, 6) is -2.99. The standard InChI is InChI=1S/C19H36O4/c1-7-9-10-14(8-2)11-15(17(20)21)16(18(22)23)19(5,6)12-13(3)4/h13-16H,7-12H2,1-6H3,(H,20,21)(H,22,23). The van der Waals surface area contributed by atoms with Crippen molar-refractivity contribution < 1.29 is 19.8 Å². The van der Waals surface area contributed by atoms with E-state index in [-0.39, 0.29) is 5.92 Å². The van der Waals surface area contributed by atoms with Gasteiger partial charge in [-0.15, -0.1) is 0 Å². The molecule has 0 heterocycles. The molecule has 0 aromatic heterocycles. The normalized spacial score (nSPS) is 16.1. The Morgan fingerprint density at radius 1 is 1.04 bits per heavy atom. The van der Waals surface area contributed by atoms with Gasteiger partial charge in [0, 0.05) is 0 Å². The quantitative estimate of drug-likeness (QED) is 0.524. The maximum absolute atomic E-state index is 11.9. The molecular formula is C19H36O4. The van der Waals surface area contributed by atoms with Crippen molar-refractivity contribution in [2.24, 2.45) is 29.1 Å². The van der Waals surface area contributed by atoms with Crippen LogP contribution in [-0.2, 0) is 9.59 Å². The smallest absolute Gasteiger partial charge is 0.307 e. The van der Waals surface area contributed by atoms with E-state index in [9.17, 15) is 19.8 Å². The van der Waals surface area contributed by atoms with Crippen molar-refractivity contribution in [2.75, 3.05) is 0 Å². The highest BCUT2D eigenvalue weighted by atomic mass is 16.4. The molecule has 0 saturated heterocycles. The molecule has 4 heteroatoms. The van der Waals surface area contributed by atoms with Gasteiger partial charge in [-0.1, -0.05) is 67.2 Å². The Hall–Kier alpha value is -1.06. The van der Waals surface area contributed by atoms with E-state index in [2.05, 4.69) is 13.8 Å². The molecule has 3 atom stereocenters. The summed E-state index contributed by atoms with van der Waals surface area (Å²) < 4.78 is 0. The number of aliphatic carboxylic acids is 2. The molecule has 0 aromatic rings. The summed E-state index contributed by atoms with van der Waals surface area (Å²) in [4.78, 5) is 23.7. The van der Waals surface area contributed by atoms with Gasteiger partial charge in [0.2, 0.25) is 0 Å². The predicted octanol–water partition coefficient (Wildman–Crippen LogP) is 5.07. The van der Waals surface area contributed by atoms with E-state index >= 15 is 0 Å².